The Balaban J connectivity index is 3.11. The standard InChI is InChI=1S/C15H19BrO5/c1-5-20-14-11(16)7-10(8-12(14)19-4)13(17)9(3)15(18)21-6-2/h7-8,13,17H,3,5-6H2,1-2,4H3. The van der Waals surface area contributed by atoms with Crippen LogP contribution in [-0.2, 0) is 9.53 Å². The van der Waals surface area contributed by atoms with Crippen molar-refractivity contribution in [1.29, 1.82) is 0 Å². The molecule has 0 aromatic heterocycles. The Morgan fingerprint density at radius 3 is 2.57 bits per heavy atom. The molecular formula is C15H19BrO5. The van der Waals surface area contributed by atoms with E-state index in [1.165, 1.54) is 7.11 Å². The molecule has 0 bridgehead atoms. The first-order chi connectivity index (χ1) is 9.96. The number of halogens is 1. The van der Waals surface area contributed by atoms with Gasteiger partial charge in [0.05, 0.1) is 30.4 Å². The van der Waals surface area contributed by atoms with Gasteiger partial charge in [-0.3, -0.25) is 0 Å². The second kappa shape index (κ2) is 8.05. The average Bonchev–Trinajstić information content (AvgIpc) is 2.47. The van der Waals surface area contributed by atoms with E-state index in [9.17, 15) is 9.90 Å². The van der Waals surface area contributed by atoms with Gasteiger partial charge in [-0.25, -0.2) is 4.79 Å². The van der Waals surface area contributed by atoms with Crippen molar-refractivity contribution in [3.8, 4) is 11.5 Å². The van der Waals surface area contributed by atoms with Crippen LogP contribution in [0, 0.1) is 0 Å². The number of aliphatic hydroxyl groups excluding tert-OH is 1. The Morgan fingerprint density at radius 2 is 2.05 bits per heavy atom. The van der Waals surface area contributed by atoms with Crippen molar-refractivity contribution in [3.05, 3.63) is 34.3 Å². The highest BCUT2D eigenvalue weighted by molar-refractivity contribution is 9.10. The van der Waals surface area contributed by atoms with Gasteiger partial charge in [-0.05, 0) is 47.5 Å². The fourth-order valence-corrected chi connectivity index (χ4v) is 2.29. The first kappa shape index (κ1) is 17.5. The van der Waals surface area contributed by atoms with E-state index in [1.807, 2.05) is 6.92 Å². The second-order valence-electron chi connectivity index (χ2n) is 4.12. The number of esters is 1. The number of hydrogen-bond acceptors (Lipinski definition) is 5. The second-order valence-corrected chi connectivity index (χ2v) is 4.97. The molecule has 0 heterocycles. The van der Waals surface area contributed by atoms with Crippen LogP contribution < -0.4 is 9.47 Å². The van der Waals surface area contributed by atoms with Crippen LogP contribution in [-0.4, -0.2) is 31.4 Å². The lowest BCUT2D eigenvalue weighted by atomic mass is 10.0. The minimum Gasteiger partial charge on any atom is -0.493 e. The fraction of sp³-hybridized carbons (Fsp3) is 0.400. The quantitative estimate of drug-likeness (QED) is 0.599. The molecule has 0 aliphatic heterocycles. The predicted octanol–water partition coefficient (Wildman–Crippen LogP) is 3.01. The SMILES string of the molecule is C=C(C(=O)OCC)C(O)c1cc(Br)c(OCC)c(OC)c1. The number of benzene rings is 1. The molecule has 0 spiro atoms. The molecule has 0 saturated carbocycles. The zero-order valence-corrected chi connectivity index (χ0v) is 13.9. The third-order valence-electron chi connectivity index (χ3n) is 2.72. The van der Waals surface area contributed by atoms with Gasteiger partial charge < -0.3 is 19.3 Å². The van der Waals surface area contributed by atoms with Gasteiger partial charge in [-0.1, -0.05) is 6.58 Å². The Morgan fingerprint density at radius 1 is 1.38 bits per heavy atom. The molecule has 1 unspecified atom stereocenters. The number of rotatable bonds is 7. The van der Waals surface area contributed by atoms with Gasteiger partial charge in [0.25, 0.3) is 0 Å². The lowest BCUT2D eigenvalue weighted by Gasteiger charge is -2.17. The Labute approximate surface area is 132 Å². The van der Waals surface area contributed by atoms with E-state index in [-0.39, 0.29) is 12.2 Å². The maximum absolute atomic E-state index is 11.6. The zero-order chi connectivity index (χ0) is 16.0. The molecule has 0 fully saturated rings. The van der Waals surface area contributed by atoms with E-state index >= 15 is 0 Å². The molecule has 1 N–H and O–H groups in total. The number of ether oxygens (including phenoxy) is 3. The van der Waals surface area contributed by atoms with E-state index in [2.05, 4.69) is 22.5 Å². The van der Waals surface area contributed by atoms with Crippen molar-refractivity contribution in [3.63, 3.8) is 0 Å². The summed E-state index contributed by atoms with van der Waals surface area (Å²) in [5.41, 5.74) is 0.426. The number of aliphatic hydroxyl groups is 1. The number of methoxy groups -OCH3 is 1. The van der Waals surface area contributed by atoms with Gasteiger partial charge in [0.15, 0.2) is 11.5 Å². The fourth-order valence-electron chi connectivity index (χ4n) is 1.72. The molecule has 1 aromatic carbocycles. The summed E-state index contributed by atoms with van der Waals surface area (Å²) in [6.45, 7) is 7.83. The summed E-state index contributed by atoms with van der Waals surface area (Å²) in [5, 5.41) is 10.2. The maximum Gasteiger partial charge on any atom is 0.336 e. The first-order valence-corrected chi connectivity index (χ1v) is 7.29. The third kappa shape index (κ3) is 4.22. The molecule has 0 saturated heterocycles. The molecule has 0 amide bonds. The largest absolute Gasteiger partial charge is 0.493 e. The lowest BCUT2D eigenvalue weighted by molar-refractivity contribution is -0.139. The minimum absolute atomic E-state index is 0.0324. The van der Waals surface area contributed by atoms with Crippen LogP contribution in [0.2, 0.25) is 0 Å². The maximum atomic E-state index is 11.6. The number of carbonyl (C=O) groups is 1. The summed E-state index contributed by atoms with van der Waals surface area (Å²) in [7, 11) is 1.50. The van der Waals surface area contributed by atoms with Gasteiger partial charge in [-0.15, -0.1) is 0 Å². The molecule has 1 rings (SSSR count). The van der Waals surface area contributed by atoms with E-state index in [0.717, 1.165) is 0 Å². The van der Waals surface area contributed by atoms with Crippen LogP contribution in [0.4, 0.5) is 0 Å². The highest BCUT2D eigenvalue weighted by Gasteiger charge is 2.22. The van der Waals surface area contributed by atoms with Crippen molar-refractivity contribution in [1.82, 2.24) is 0 Å². The number of hydrogen-bond donors (Lipinski definition) is 1. The van der Waals surface area contributed by atoms with Gasteiger partial charge in [0.2, 0.25) is 0 Å². The Kier molecular flexibility index (Phi) is 6.71. The molecule has 6 heteroatoms. The van der Waals surface area contributed by atoms with Gasteiger partial charge in [0, 0.05) is 0 Å². The third-order valence-corrected chi connectivity index (χ3v) is 3.31. The van der Waals surface area contributed by atoms with Crippen LogP contribution >= 0.6 is 15.9 Å². The smallest absolute Gasteiger partial charge is 0.336 e. The van der Waals surface area contributed by atoms with Gasteiger partial charge >= 0.3 is 5.97 Å². The summed E-state index contributed by atoms with van der Waals surface area (Å²) in [4.78, 5) is 11.6. The molecule has 0 aliphatic carbocycles. The van der Waals surface area contributed by atoms with Crippen LogP contribution in [0.3, 0.4) is 0 Å². The monoisotopic (exact) mass is 358 g/mol. The zero-order valence-electron chi connectivity index (χ0n) is 12.3. The normalized spacial score (nSPS) is 11.7. The van der Waals surface area contributed by atoms with Crippen molar-refractivity contribution in [2.45, 2.75) is 20.0 Å². The summed E-state index contributed by atoms with van der Waals surface area (Å²) < 4.78 is 16.2. The van der Waals surface area contributed by atoms with E-state index < -0.39 is 12.1 Å². The van der Waals surface area contributed by atoms with Crippen molar-refractivity contribution < 1.29 is 24.1 Å². The number of carbonyl (C=O) groups excluding carboxylic acids is 1. The molecule has 0 radical (unpaired) electrons. The molecule has 1 atom stereocenters. The average molecular weight is 359 g/mol. The lowest BCUT2D eigenvalue weighted by Crippen LogP contribution is -2.14. The molecular weight excluding hydrogens is 340 g/mol. The first-order valence-electron chi connectivity index (χ1n) is 6.50. The Hall–Kier alpha value is -1.53. The molecule has 1 aromatic rings. The van der Waals surface area contributed by atoms with Crippen molar-refractivity contribution >= 4 is 21.9 Å². The topological polar surface area (TPSA) is 65.0 Å². The van der Waals surface area contributed by atoms with E-state index in [4.69, 9.17) is 14.2 Å². The van der Waals surface area contributed by atoms with Gasteiger partial charge in [0.1, 0.15) is 6.10 Å². The highest BCUT2D eigenvalue weighted by atomic mass is 79.9. The minimum atomic E-state index is -1.18. The van der Waals surface area contributed by atoms with Crippen LogP contribution in [0.25, 0.3) is 0 Å². The molecule has 21 heavy (non-hydrogen) atoms. The molecule has 116 valence electrons. The molecule has 0 aliphatic rings. The summed E-state index contributed by atoms with van der Waals surface area (Å²) >= 11 is 3.36. The summed E-state index contributed by atoms with van der Waals surface area (Å²) in [6.07, 6.45) is -1.18. The van der Waals surface area contributed by atoms with E-state index in [0.29, 0.717) is 28.1 Å². The van der Waals surface area contributed by atoms with Crippen molar-refractivity contribution in [2.75, 3.05) is 20.3 Å². The molecule has 5 nitrogen and oxygen atoms in total. The van der Waals surface area contributed by atoms with Gasteiger partial charge in [-0.2, -0.15) is 0 Å². The predicted molar refractivity (Wildman–Crippen MR) is 82.6 cm³/mol. The summed E-state index contributed by atoms with van der Waals surface area (Å²) in [5.74, 6) is 0.364. The van der Waals surface area contributed by atoms with Crippen LogP contribution in [0.1, 0.15) is 25.5 Å². The Bertz CT molecular complexity index is 527. The van der Waals surface area contributed by atoms with Crippen molar-refractivity contribution in [2.24, 2.45) is 0 Å². The van der Waals surface area contributed by atoms with Crippen LogP contribution in [0.5, 0.6) is 11.5 Å². The summed E-state index contributed by atoms with van der Waals surface area (Å²) in [6, 6.07) is 3.26. The highest BCUT2D eigenvalue weighted by Crippen LogP contribution is 2.39. The van der Waals surface area contributed by atoms with E-state index in [1.54, 1.807) is 19.1 Å². The van der Waals surface area contributed by atoms with Crippen LogP contribution in [0.15, 0.2) is 28.8 Å².